The number of aromatic nitrogens is 2. The Morgan fingerprint density at radius 3 is 3.00 bits per heavy atom. The Bertz CT molecular complexity index is 869. The molecule has 0 N–H and O–H groups in total. The maximum atomic E-state index is 12.7. The number of nitrogens with zero attached hydrogens (tertiary/aromatic N) is 3. The third-order valence-electron chi connectivity index (χ3n) is 3.30. The van der Waals surface area contributed by atoms with Crippen LogP contribution in [0.1, 0.15) is 18.2 Å². The largest absolute Gasteiger partial charge is 0.298 e. The Balaban J connectivity index is 2.29. The predicted molar refractivity (Wildman–Crippen MR) is 86.8 cm³/mol. The van der Waals surface area contributed by atoms with Crippen LogP contribution in [0.3, 0.4) is 0 Å². The molecule has 0 saturated carbocycles. The summed E-state index contributed by atoms with van der Waals surface area (Å²) < 4.78 is 1.54. The molecule has 3 heterocycles. The minimum absolute atomic E-state index is 0.0467. The van der Waals surface area contributed by atoms with E-state index in [1.54, 1.807) is 29.0 Å². The second-order valence-electron chi connectivity index (χ2n) is 4.56. The minimum atomic E-state index is -0.0467. The Labute approximate surface area is 129 Å². The smallest absolute Gasteiger partial charge is 0.262 e. The molecule has 0 radical (unpaired) electrons. The second kappa shape index (κ2) is 5.80. The Morgan fingerprint density at radius 2 is 2.33 bits per heavy atom. The van der Waals surface area contributed by atoms with Gasteiger partial charge >= 0.3 is 0 Å². The molecule has 3 aromatic heterocycles. The zero-order chi connectivity index (χ0) is 14.8. The lowest BCUT2D eigenvalue weighted by molar-refractivity contribution is 0.679. The van der Waals surface area contributed by atoms with Gasteiger partial charge in [0.1, 0.15) is 4.83 Å². The third-order valence-corrected chi connectivity index (χ3v) is 5.43. The molecule has 3 aromatic rings. The Kier molecular flexibility index (Phi) is 3.86. The quantitative estimate of drug-likeness (QED) is 0.738. The van der Waals surface area contributed by atoms with Gasteiger partial charge in [-0.05, 0) is 17.9 Å². The van der Waals surface area contributed by atoms with E-state index in [-0.39, 0.29) is 5.56 Å². The van der Waals surface area contributed by atoms with Crippen molar-refractivity contribution < 1.29 is 0 Å². The molecule has 0 aromatic carbocycles. The van der Waals surface area contributed by atoms with Crippen molar-refractivity contribution in [3.05, 3.63) is 39.1 Å². The summed E-state index contributed by atoms with van der Waals surface area (Å²) in [6.45, 7) is 2.48. The number of thiophene rings is 2. The van der Waals surface area contributed by atoms with Crippen molar-refractivity contribution in [3.8, 4) is 16.5 Å². The van der Waals surface area contributed by atoms with Crippen molar-refractivity contribution >= 4 is 32.9 Å². The molecular weight excluding hydrogens is 302 g/mol. The molecule has 4 nitrogen and oxygen atoms in total. The highest BCUT2D eigenvalue weighted by Gasteiger charge is 2.18. The lowest BCUT2D eigenvalue weighted by Gasteiger charge is -2.03. The first-order chi connectivity index (χ1) is 10.3. The van der Waals surface area contributed by atoms with E-state index < -0.39 is 0 Å². The van der Waals surface area contributed by atoms with Crippen LogP contribution in [0.4, 0.5) is 0 Å². The fraction of sp³-hybridized carbons (Fsp3) is 0.267. The number of rotatable bonds is 4. The summed E-state index contributed by atoms with van der Waals surface area (Å²) in [5.41, 5.74) is 0.978. The van der Waals surface area contributed by atoms with Crippen LogP contribution in [0.2, 0.25) is 0 Å². The predicted octanol–water partition coefficient (Wildman–Crippen LogP) is 3.66. The first kappa shape index (κ1) is 14.0. The van der Waals surface area contributed by atoms with Crippen LogP contribution in [0.5, 0.6) is 0 Å². The Morgan fingerprint density at radius 1 is 1.48 bits per heavy atom. The maximum absolute atomic E-state index is 12.7. The van der Waals surface area contributed by atoms with E-state index in [9.17, 15) is 4.79 Å². The average molecular weight is 315 g/mol. The summed E-state index contributed by atoms with van der Waals surface area (Å²) in [7, 11) is 0. The second-order valence-corrected chi connectivity index (χ2v) is 6.59. The summed E-state index contributed by atoms with van der Waals surface area (Å²) in [5.74, 6) is 0. The molecule has 0 amide bonds. The van der Waals surface area contributed by atoms with Crippen molar-refractivity contribution in [2.45, 2.75) is 26.3 Å². The molecule has 3 rings (SSSR count). The van der Waals surface area contributed by atoms with E-state index in [1.165, 1.54) is 9.44 Å². The van der Waals surface area contributed by atoms with E-state index in [0.717, 1.165) is 21.7 Å². The van der Waals surface area contributed by atoms with E-state index >= 15 is 0 Å². The van der Waals surface area contributed by atoms with Crippen LogP contribution in [0, 0.1) is 11.3 Å². The number of fused-ring (bicyclic) bond motifs is 1. The molecule has 0 spiro atoms. The van der Waals surface area contributed by atoms with Gasteiger partial charge < -0.3 is 0 Å². The maximum Gasteiger partial charge on any atom is 0.262 e. The standard InChI is InChI=1S/C15H13N3OS2/c1-2-10-12(11-5-3-8-20-11)13-14(21-10)17-9-18(15(13)19)7-4-6-16/h3,5,8-9H,2,4,7H2,1H3. The van der Waals surface area contributed by atoms with E-state index in [1.807, 2.05) is 17.5 Å². The highest BCUT2D eigenvalue weighted by molar-refractivity contribution is 7.20. The van der Waals surface area contributed by atoms with Crippen LogP contribution < -0.4 is 5.56 Å². The molecular formula is C15H13N3OS2. The van der Waals surface area contributed by atoms with Crippen LogP contribution in [0.15, 0.2) is 28.6 Å². The zero-order valence-electron chi connectivity index (χ0n) is 11.5. The first-order valence-electron chi connectivity index (χ1n) is 6.68. The fourth-order valence-corrected chi connectivity index (χ4v) is 4.28. The SMILES string of the molecule is CCc1sc2ncn(CCC#N)c(=O)c2c1-c1cccs1. The highest BCUT2D eigenvalue weighted by atomic mass is 32.1. The number of aryl methyl sites for hydroxylation is 2. The molecule has 0 aliphatic heterocycles. The third kappa shape index (κ3) is 2.39. The van der Waals surface area contributed by atoms with E-state index in [0.29, 0.717) is 18.4 Å². The normalized spacial score (nSPS) is 10.9. The zero-order valence-corrected chi connectivity index (χ0v) is 13.1. The number of hydrogen-bond acceptors (Lipinski definition) is 5. The monoisotopic (exact) mass is 315 g/mol. The van der Waals surface area contributed by atoms with Crippen LogP contribution in [-0.2, 0) is 13.0 Å². The lowest BCUT2D eigenvalue weighted by Crippen LogP contribution is -2.20. The molecule has 0 aliphatic carbocycles. The molecule has 21 heavy (non-hydrogen) atoms. The number of hydrogen-bond donors (Lipinski definition) is 0. The van der Waals surface area contributed by atoms with Gasteiger partial charge in [-0.2, -0.15) is 5.26 Å². The van der Waals surface area contributed by atoms with Gasteiger partial charge in [0, 0.05) is 21.9 Å². The van der Waals surface area contributed by atoms with Crippen LogP contribution >= 0.6 is 22.7 Å². The lowest BCUT2D eigenvalue weighted by atomic mass is 10.1. The average Bonchev–Trinajstić information content (AvgIpc) is 3.13. The van der Waals surface area contributed by atoms with E-state index in [2.05, 4.69) is 18.0 Å². The first-order valence-corrected chi connectivity index (χ1v) is 8.37. The minimum Gasteiger partial charge on any atom is -0.298 e. The van der Waals surface area contributed by atoms with Gasteiger partial charge in [0.05, 0.1) is 24.2 Å². The number of nitriles is 1. The summed E-state index contributed by atoms with van der Waals surface area (Å²) in [6.07, 6.45) is 2.74. The summed E-state index contributed by atoms with van der Waals surface area (Å²) >= 11 is 3.22. The summed E-state index contributed by atoms with van der Waals surface area (Å²) in [6, 6.07) is 6.10. The molecule has 0 fully saturated rings. The van der Waals surface area contributed by atoms with Gasteiger partial charge in [0.25, 0.3) is 5.56 Å². The highest BCUT2D eigenvalue weighted by Crippen LogP contribution is 2.38. The van der Waals surface area contributed by atoms with Crippen LogP contribution in [0.25, 0.3) is 20.7 Å². The van der Waals surface area contributed by atoms with Gasteiger partial charge in [-0.25, -0.2) is 4.98 Å². The van der Waals surface area contributed by atoms with Gasteiger partial charge in [-0.15, -0.1) is 22.7 Å². The molecule has 0 saturated heterocycles. The molecule has 0 unspecified atom stereocenters. The Hall–Kier alpha value is -1.97. The topological polar surface area (TPSA) is 58.7 Å². The molecule has 6 heteroatoms. The van der Waals surface area contributed by atoms with Gasteiger partial charge in [0.15, 0.2) is 0 Å². The van der Waals surface area contributed by atoms with Gasteiger partial charge in [-0.1, -0.05) is 13.0 Å². The fourth-order valence-electron chi connectivity index (χ4n) is 2.33. The van der Waals surface area contributed by atoms with Crippen molar-refractivity contribution in [1.29, 1.82) is 5.26 Å². The summed E-state index contributed by atoms with van der Waals surface area (Å²) in [4.78, 5) is 20.2. The van der Waals surface area contributed by atoms with Gasteiger partial charge in [-0.3, -0.25) is 9.36 Å². The molecule has 0 bridgehead atoms. The molecule has 106 valence electrons. The van der Waals surface area contributed by atoms with Crippen molar-refractivity contribution in [2.24, 2.45) is 0 Å². The van der Waals surface area contributed by atoms with Crippen molar-refractivity contribution in [1.82, 2.24) is 9.55 Å². The van der Waals surface area contributed by atoms with Crippen molar-refractivity contribution in [2.75, 3.05) is 0 Å². The molecule has 0 aliphatic rings. The molecule has 0 atom stereocenters. The van der Waals surface area contributed by atoms with Crippen LogP contribution in [-0.4, -0.2) is 9.55 Å². The van der Waals surface area contributed by atoms with Gasteiger partial charge in [0.2, 0.25) is 0 Å². The van der Waals surface area contributed by atoms with Crippen molar-refractivity contribution in [3.63, 3.8) is 0 Å². The summed E-state index contributed by atoms with van der Waals surface area (Å²) in [5, 5.41) is 11.4. The van der Waals surface area contributed by atoms with E-state index in [4.69, 9.17) is 5.26 Å².